The Morgan fingerprint density at radius 1 is 0.400 bits per heavy atom. The maximum atomic E-state index is 14.0. The Morgan fingerprint density at radius 2 is 0.600 bits per heavy atom. The standard InChI is InChI=1S/C12H2F8O11S4/c13-1-3(15)7(19)11(9(5(1)17)32(21,22)23)34(27,28)31-35(29,30)12-8(20)4(16)2(14)6(18)10(12)33(24,25)26/h(H,21,22,23)(H,24,25,26). The van der Waals surface area contributed by atoms with Crippen molar-refractivity contribution in [2.75, 3.05) is 0 Å². The number of rotatable bonds is 6. The second-order valence-electron chi connectivity index (χ2n) is 5.75. The number of halogens is 8. The summed E-state index contributed by atoms with van der Waals surface area (Å²) in [6.07, 6.45) is 0. The first-order chi connectivity index (χ1) is 15.5. The fourth-order valence-corrected chi connectivity index (χ4v) is 7.54. The molecule has 2 N–H and O–H groups in total. The third-order valence-corrected chi connectivity index (χ3v) is 8.82. The van der Waals surface area contributed by atoms with Crippen LogP contribution in [0.4, 0.5) is 35.1 Å². The summed E-state index contributed by atoms with van der Waals surface area (Å²) in [6, 6.07) is 0. The molecule has 2 rings (SSSR count). The molecule has 0 aliphatic heterocycles. The van der Waals surface area contributed by atoms with Gasteiger partial charge in [0.25, 0.3) is 20.2 Å². The van der Waals surface area contributed by atoms with Crippen LogP contribution in [0.25, 0.3) is 0 Å². The monoisotopic (exact) mass is 602 g/mol. The molecule has 11 nitrogen and oxygen atoms in total. The van der Waals surface area contributed by atoms with Crippen molar-refractivity contribution in [3.05, 3.63) is 46.5 Å². The highest BCUT2D eigenvalue weighted by atomic mass is 32.3. The first-order valence-corrected chi connectivity index (χ1v) is 13.1. The number of hydrogen-bond acceptors (Lipinski definition) is 9. The Labute approximate surface area is 188 Å². The Bertz CT molecular complexity index is 1590. The third-order valence-electron chi connectivity index (χ3n) is 3.56. The predicted molar refractivity (Wildman–Crippen MR) is 87.6 cm³/mol. The van der Waals surface area contributed by atoms with E-state index in [9.17, 15) is 68.8 Å². The van der Waals surface area contributed by atoms with Crippen LogP contribution in [-0.4, -0.2) is 42.8 Å². The summed E-state index contributed by atoms with van der Waals surface area (Å²) >= 11 is 0. The summed E-state index contributed by atoms with van der Waals surface area (Å²) in [5, 5.41) is 0. The maximum Gasteiger partial charge on any atom is 0.316 e. The van der Waals surface area contributed by atoms with E-state index in [-0.39, 0.29) is 0 Å². The van der Waals surface area contributed by atoms with Gasteiger partial charge in [0.2, 0.25) is 0 Å². The van der Waals surface area contributed by atoms with Gasteiger partial charge in [-0.3, -0.25) is 9.11 Å². The van der Waals surface area contributed by atoms with Gasteiger partial charge in [0.15, 0.2) is 66.1 Å². The molecule has 0 heterocycles. The van der Waals surface area contributed by atoms with Gasteiger partial charge < -0.3 is 0 Å². The van der Waals surface area contributed by atoms with Crippen LogP contribution in [-0.2, 0) is 44.1 Å². The fraction of sp³-hybridized carbons (Fsp3) is 0. The molecule has 0 bridgehead atoms. The average molecular weight is 602 g/mol. The van der Waals surface area contributed by atoms with Crippen LogP contribution in [0.15, 0.2) is 19.6 Å². The van der Waals surface area contributed by atoms with Crippen LogP contribution in [0.5, 0.6) is 0 Å². The van der Waals surface area contributed by atoms with Crippen molar-refractivity contribution in [3.8, 4) is 0 Å². The molecule has 0 atom stereocenters. The molecule has 35 heavy (non-hydrogen) atoms. The Balaban J connectivity index is 3.03. The van der Waals surface area contributed by atoms with E-state index in [1.807, 2.05) is 0 Å². The van der Waals surface area contributed by atoms with Crippen molar-refractivity contribution in [3.63, 3.8) is 0 Å². The minimum Gasteiger partial charge on any atom is -0.282 e. The highest BCUT2D eigenvalue weighted by Gasteiger charge is 2.45. The second kappa shape index (κ2) is 8.59. The van der Waals surface area contributed by atoms with Gasteiger partial charge in [-0.05, 0) is 0 Å². The first kappa shape index (κ1) is 28.8. The van der Waals surface area contributed by atoms with E-state index in [0.717, 1.165) is 0 Å². The van der Waals surface area contributed by atoms with E-state index < -0.39 is 107 Å². The summed E-state index contributed by atoms with van der Waals surface area (Å²) < 4.78 is 224. The van der Waals surface area contributed by atoms with Gasteiger partial charge in [-0.1, -0.05) is 0 Å². The summed E-state index contributed by atoms with van der Waals surface area (Å²) in [4.78, 5) is -12.3. The van der Waals surface area contributed by atoms with Crippen LogP contribution >= 0.6 is 0 Å². The zero-order valence-electron chi connectivity index (χ0n) is 15.2. The van der Waals surface area contributed by atoms with Gasteiger partial charge in [-0.2, -0.15) is 33.7 Å². The van der Waals surface area contributed by atoms with Crippen molar-refractivity contribution in [2.24, 2.45) is 0 Å². The summed E-state index contributed by atoms with van der Waals surface area (Å²) in [6.45, 7) is 0. The average Bonchev–Trinajstić information content (AvgIpc) is 2.66. The molecule has 0 aromatic heterocycles. The van der Waals surface area contributed by atoms with Gasteiger partial charge in [0.05, 0.1) is 0 Å². The van der Waals surface area contributed by atoms with Crippen LogP contribution in [0.3, 0.4) is 0 Å². The van der Waals surface area contributed by atoms with E-state index in [1.165, 1.54) is 0 Å². The zero-order valence-corrected chi connectivity index (χ0v) is 18.5. The van der Waals surface area contributed by atoms with Crippen molar-refractivity contribution >= 4 is 40.5 Å². The molecule has 2 aromatic rings. The molecule has 0 saturated carbocycles. The lowest BCUT2D eigenvalue weighted by molar-refractivity contribution is 0.362. The molecule has 0 unspecified atom stereocenters. The summed E-state index contributed by atoms with van der Waals surface area (Å²) in [7, 11) is -26.9. The molecular formula is C12H2F8O11S4. The van der Waals surface area contributed by atoms with Gasteiger partial charge in [0, 0.05) is 0 Å². The largest absolute Gasteiger partial charge is 0.316 e. The van der Waals surface area contributed by atoms with E-state index in [1.54, 1.807) is 0 Å². The number of hydrogen-bond donors (Lipinski definition) is 2. The normalized spacial score (nSPS) is 13.3. The SMILES string of the molecule is O=S(=O)(O)c1c(F)c(F)c(F)c(F)c1S(=O)(=O)OS(=O)(=O)c1c(F)c(F)c(F)c(F)c1S(=O)(=O)O. The van der Waals surface area contributed by atoms with Gasteiger partial charge in [-0.25, -0.2) is 35.1 Å². The smallest absolute Gasteiger partial charge is 0.282 e. The van der Waals surface area contributed by atoms with E-state index in [0.29, 0.717) is 0 Å². The lowest BCUT2D eigenvalue weighted by Crippen LogP contribution is -2.24. The van der Waals surface area contributed by atoms with Gasteiger partial charge >= 0.3 is 20.2 Å². The van der Waals surface area contributed by atoms with Crippen molar-refractivity contribution in [2.45, 2.75) is 19.6 Å². The molecule has 0 saturated heterocycles. The fourth-order valence-electron chi connectivity index (χ4n) is 2.28. The lowest BCUT2D eigenvalue weighted by atomic mass is 10.3. The van der Waals surface area contributed by atoms with Crippen LogP contribution in [0.2, 0.25) is 0 Å². The first-order valence-electron chi connectivity index (χ1n) is 7.36. The Morgan fingerprint density at radius 3 is 0.800 bits per heavy atom. The minimum absolute atomic E-state index is 3.02. The van der Waals surface area contributed by atoms with Crippen molar-refractivity contribution in [1.82, 2.24) is 0 Å². The lowest BCUT2D eigenvalue weighted by Gasteiger charge is -2.14. The topological polar surface area (TPSA) is 186 Å². The quantitative estimate of drug-likeness (QED) is 0.211. The molecule has 0 spiro atoms. The van der Waals surface area contributed by atoms with Crippen molar-refractivity contribution < 1.29 is 81.5 Å². The molecule has 0 fully saturated rings. The highest BCUT2D eigenvalue weighted by molar-refractivity contribution is 8.00. The highest BCUT2D eigenvalue weighted by Crippen LogP contribution is 2.37. The molecular weight excluding hydrogens is 600 g/mol. The molecule has 0 aliphatic carbocycles. The molecule has 0 aliphatic rings. The van der Waals surface area contributed by atoms with E-state index in [2.05, 4.69) is 3.63 Å². The Hall–Kier alpha value is -2.44. The Kier molecular flexibility index (Phi) is 7.07. The molecule has 196 valence electrons. The summed E-state index contributed by atoms with van der Waals surface area (Å²) in [5.41, 5.74) is 0. The van der Waals surface area contributed by atoms with Gasteiger partial charge in [0.1, 0.15) is 0 Å². The van der Waals surface area contributed by atoms with E-state index >= 15 is 0 Å². The van der Waals surface area contributed by atoms with Crippen LogP contribution in [0, 0.1) is 46.5 Å². The molecule has 2 aromatic carbocycles. The molecule has 23 heteroatoms. The zero-order chi connectivity index (χ0) is 27.6. The second-order valence-corrected chi connectivity index (χ2v) is 11.6. The predicted octanol–water partition coefficient (Wildman–Crippen LogP) is 1.39. The van der Waals surface area contributed by atoms with Crippen LogP contribution < -0.4 is 0 Å². The maximum absolute atomic E-state index is 14.0. The molecule has 0 amide bonds. The molecule has 0 radical (unpaired) electrons. The van der Waals surface area contributed by atoms with Crippen molar-refractivity contribution in [1.29, 1.82) is 0 Å². The van der Waals surface area contributed by atoms with E-state index in [4.69, 9.17) is 9.11 Å². The van der Waals surface area contributed by atoms with Crippen LogP contribution in [0.1, 0.15) is 0 Å². The third kappa shape index (κ3) is 4.83. The van der Waals surface area contributed by atoms with Gasteiger partial charge in [-0.15, -0.1) is 3.63 Å². The summed E-state index contributed by atoms with van der Waals surface area (Å²) in [5.74, 6) is -25.4. The number of benzene rings is 2. The minimum atomic E-state index is -7.02.